The molecule has 0 atom stereocenters. The molecule has 0 aliphatic carbocycles. The summed E-state index contributed by atoms with van der Waals surface area (Å²) in [5, 5.41) is 15.3. The van der Waals surface area contributed by atoms with Crippen molar-refractivity contribution in [3.63, 3.8) is 0 Å². The highest BCUT2D eigenvalue weighted by atomic mass is 35.5. The standard InChI is InChI=1S/C10H10ClN3O3S/c11-10-3-9(2-1-7(10)6-15)18(16,17)14-8-4-12-13-5-8/h1-5,14-15H,6H2,(H,12,13). The van der Waals surface area contributed by atoms with Crippen LogP contribution in [0.1, 0.15) is 5.56 Å². The predicted octanol–water partition coefficient (Wildman–Crippen LogP) is 1.36. The van der Waals surface area contributed by atoms with Crippen LogP contribution in [0.15, 0.2) is 35.5 Å². The lowest BCUT2D eigenvalue weighted by Crippen LogP contribution is -2.12. The molecule has 0 aliphatic heterocycles. The van der Waals surface area contributed by atoms with Crippen LogP contribution >= 0.6 is 11.6 Å². The number of hydrogen-bond donors (Lipinski definition) is 3. The highest BCUT2D eigenvalue weighted by Gasteiger charge is 2.16. The molecule has 0 saturated heterocycles. The summed E-state index contributed by atoms with van der Waals surface area (Å²) in [6, 6.07) is 4.13. The molecule has 2 rings (SSSR count). The van der Waals surface area contributed by atoms with Crippen molar-refractivity contribution in [2.45, 2.75) is 11.5 Å². The molecule has 1 heterocycles. The van der Waals surface area contributed by atoms with Gasteiger partial charge in [0, 0.05) is 11.2 Å². The minimum atomic E-state index is -3.71. The number of aromatic nitrogens is 2. The predicted molar refractivity (Wildman–Crippen MR) is 66.8 cm³/mol. The van der Waals surface area contributed by atoms with Gasteiger partial charge in [-0.25, -0.2) is 8.42 Å². The Kier molecular flexibility index (Phi) is 3.55. The molecule has 8 heteroatoms. The van der Waals surface area contributed by atoms with Crippen molar-refractivity contribution in [3.05, 3.63) is 41.2 Å². The van der Waals surface area contributed by atoms with Crippen molar-refractivity contribution >= 4 is 27.3 Å². The van der Waals surface area contributed by atoms with Gasteiger partial charge >= 0.3 is 0 Å². The molecule has 0 unspecified atom stereocenters. The quantitative estimate of drug-likeness (QED) is 0.791. The summed E-state index contributed by atoms with van der Waals surface area (Å²) in [7, 11) is -3.71. The number of aromatic amines is 1. The molecule has 6 nitrogen and oxygen atoms in total. The first-order chi connectivity index (χ1) is 8.53. The summed E-state index contributed by atoms with van der Waals surface area (Å²) in [5.41, 5.74) is 0.802. The van der Waals surface area contributed by atoms with Crippen molar-refractivity contribution in [2.75, 3.05) is 4.72 Å². The topological polar surface area (TPSA) is 95.1 Å². The summed E-state index contributed by atoms with van der Waals surface area (Å²) in [5.74, 6) is 0. The fourth-order valence-corrected chi connectivity index (χ4v) is 2.71. The lowest BCUT2D eigenvalue weighted by Gasteiger charge is -2.07. The van der Waals surface area contributed by atoms with Crippen LogP contribution in [-0.4, -0.2) is 23.7 Å². The van der Waals surface area contributed by atoms with Gasteiger partial charge in [-0.1, -0.05) is 17.7 Å². The van der Waals surface area contributed by atoms with Crippen LogP contribution in [0.25, 0.3) is 0 Å². The Labute approximate surface area is 109 Å². The van der Waals surface area contributed by atoms with Crippen LogP contribution in [0.3, 0.4) is 0 Å². The second-order valence-electron chi connectivity index (χ2n) is 3.50. The fourth-order valence-electron chi connectivity index (χ4n) is 1.34. The van der Waals surface area contributed by atoms with E-state index in [1.807, 2.05) is 0 Å². The van der Waals surface area contributed by atoms with Gasteiger partial charge in [0.15, 0.2) is 0 Å². The van der Waals surface area contributed by atoms with E-state index in [0.29, 0.717) is 11.3 Å². The number of halogens is 1. The Morgan fingerprint density at radius 2 is 2.22 bits per heavy atom. The van der Waals surface area contributed by atoms with Crippen molar-refractivity contribution in [1.82, 2.24) is 10.2 Å². The second-order valence-corrected chi connectivity index (χ2v) is 5.59. The van der Waals surface area contributed by atoms with E-state index in [0.717, 1.165) is 0 Å². The zero-order chi connectivity index (χ0) is 13.2. The van der Waals surface area contributed by atoms with Crippen LogP contribution in [0.2, 0.25) is 5.02 Å². The zero-order valence-corrected chi connectivity index (χ0v) is 10.7. The van der Waals surface area contributed by atoms with Gasteiger partial charge in [0.1, 0.15) is 0 Å². The summed E-state index contributed by atoms with van der Waals surface area (Å²) in [6.45, 7) is -0.242. The zero-order valence-electron chi connectivity index (χ0n) is 9.09. The third-order valence-corrected chi connectivity index (χ3v) is 3.99. The number of nitrogens with one attached hydrogen (secondary N) is 2. The summed E-state index contributed by atoms with van der Waals surface area (Å²) < 4.78 is 26.3. The Balaban J connectivity index is 2.33. The van der Waals surface area contributed by atoms with Gasteiger partial charge in [-0.05, 0) is 17.7 Å². The number of aliphatic hydroxyl groups excluding tert-OH is 1. The molecule has 2 aromatic rings. The van der Waals surface area contributed by atoms with E-state index < -0.39 is 10.0 Å². The van der Waals surface area contributed by atoms with Crippen LogP contribution in [0, 0.1) is 0 Å². The van der Waals surface area contributed by atoms with Crippen LogP contribution in [-0.2, 0) is 16.6 Å². The fraction of sp³-hybridized carbons (Fsp3) is 0.100. The molecule has 0 saturated carbocycles. The van der Waals surface area contributed by atoms with E-state index in [9.17, 15) is 8.42 Å². The number of anilines is 1. The van der Waals surface area contributed by atoms with Gasteiger partial charge in [0.25, 0.3) is 10.0 Å². The summed E-state index contributed by atoms with van der Waals surface area (Å²) in [6.07, 6.45) is 2.77. The van der Waals surface area contributed by atoms with Gasteiger partial charge in [-0.3, -0.25) is 9.82 Å². The van der Waals surface area contributed by atoms with Crippen molar-refractivity contribution < 1.29 is 13.5 Å². The van der Waals surface area contributed by atoms with E-state index in [2.05, 4.69) is 14.9 Å². The van der Waals surface area contributed by atoms with E-state index in [1.165, 1.54) is 30.6 Å². The van der Waals surface area contributed by atoms with E-state index in [-0.39, 0.29) is 16.5 Å². The molecule has 96 valence electrons. The third-order valence-electron chi connectivity index (χ3n) is 2.26. The largest absolute Gasteiger partial charge is 0.392 e. The van der Waals surface area contributed by atoms with Crippen LogP contribution in [0.5, 0.6) is 0 Å². The SMILES string of the molecule is O=S(=O)(Nc1cn[nH]c1)c1ccc(CO)c(Cl)c1. The minimum Gasteiger partial charge on any atom is -0.392 e. The maximum atomic E-state index is 12.0. The molecule has 3 N–H and O–H groups in total. The molecule has 18 heavy (non-hydrogen) atoms. The first-order valence-electron chi connectivity index (χ1n) is 4.94. The van der Waals surface area contributed by atoms with Crippen molar-refractivity contribution in [3.8, 4) is 0 Å². The normalized spacial score (nSPS) is 11.4. The number of sulfonamides is 1. The number of H-pyrrole nitrogens is 1. The maximum absolute atomic E-state index is 12.0. The molecular weight excluding hydrogens is 278 g/mol. The molecule has 1 aromatic carbocycles. The third kappa shape index (κ3) is 2.63. The van der Waals surface area contributed by atoms with Gasteiger partial charge in [0.05, 0.1) is 23.4 Å². The van der Waals surface area contributed by atoms with Gasteiger partial charge in [-0.2, -0.15) is 5.10 Å². The molecule has 0 fully saturated rings. The first-order valence-corrected chi connectivity index (χ1v) is 6.80. The number of nitrogens with zero attached hydrogens (tertiary/aromatic N) is 1. The second kappa shape index (κ2) is 4.97. The number of hydrogen-bond acceptors (Lipinski definition) is 4. The number of aliphatic hydroxyl groups is 1. The van der Waals surface area contributed by atoms with Crippen LogP contribution < -0.4 is 4.72 Å². The van der Waals surface area contributed by atoms with E-state index in [4.69, 9.17) is 16.7 Å². The lowest BCUT2D eigenvalue weighted by atomic mass is 10.2. The Hall–Kier alpha value is -1.57. The molecule has 0 spiro atoms. The average molecular weight is 288 g/mol. The monoisotopic (exact) mass is 287 g/mol. The molecular formula is C10H10ClN3O3S. The lowest BCUT2D eigenvalue weighted by molar-refractivity contribution is 0.282. The maximum Gasteiger partial charge on any atom is 0.262 e. The van der Waals surface area contributed by atoms with Gasteiger partial charge in [-0.15, -0.1) is 0 Å². The first kappa shape index (κ1) is 12.9. The molecule has 0 aliphatic rings. The summed E-state index contributed by atoms with van der Waals surface area (Å²) >= 11 is 5.85. The van der Waals surface area contributed by atoms with Crippen LogP contribution in [0.4, 0.5) is 5.69 Å². The minimum absolute atomic E-state index is 0.0194. The molecule has 0 bridgehead atoms. The highest BCUT2D eigenvalue weighted by molar-refractivity contribution is 7.92. The van der Waals surface area contributed by atoms with Crippen molar-refractivity contribution in [2.24, 2.45) is 0 Å². The van der Waals surface area contributed by atoms with Gasteiger partial charge in [0.2, 0.25) is 0 Å². The van der Waals surface area contributed by atoms with E-state index in [1.54, 1.807) is 0 Å². The average Bonchev–Trinajstić information content (AvgIpc) is 2.81. The van der Waals surface area contributed by atoms with E-state index >= 15 is 0 Å². The highest BCUT2D eigenvalue weighted by Crippen LogP contribution is 2.22. The van der Waals surface area contributed by atoms with Gasteiger partial charge < -0.3 is 5.11 Å². The number of benzene rings is 1. The Morgan fingerprint density at radius 1 is 1.44 bits per heavy atom. The number of rotatable bonds is 4. The molecule has 0 radical (unpaired) electrons. The molecule has 1 aromatic heterocycles. The Bertz CT molecular complexity index is 640. The molecule has 0 amide bonds. The van der Waals surface area contributed by atoms with Crippen molar-refractivity contribution in [1.29, 1.82) is 0 Å². The Morgan fingerprint density at radius 3 is 2.78 bits per heavy atom. The smallest absolute Gasteiger partial charge is 0.262 e. The summed E-state index contributed by atoms with van der Waals surface area (Å²) in [4.78, 5) is 0.0194.